The molecule has 0 aliphatic heterocycles. The summed E-state index contributed by atoms with van der Waals surface area (Å²) >= 11 is 0. The molecule has 0 saturated heterocycles. The van der Waals surface area contributed by atoms with Crippen molar-refractivity contribution in [1.29, 1.82) is 0 Å². The maximum absolute atomic E-state index is 12.1. The van der Waals surface area contributed by atoms with Gasteiger partial charge < -0.3 is 14.5 Å². The lowest BCUT2D eigenvalue weighted by atomic mass is 10.2. The Kier molecular flexibility index (Phi) is 6.01. The quantitative estimate of drug-likeness (QED) is 0.609. The molecule has 1 amide bonds. The Morgan fingerprint density at radius 2 is 2.08 bits per heavy atom. The van der Waals surface area contributed by atoms with Crippen molar-refractivity contribution in [3.8, 4) is 0 Å². The number of carbonyl (C=O) groups is 1. The van der Waals surface area contributed by atoms with Crippen molar-refractivity contribution in [2.45, 2.75) is 19.6 Å². The molecule has 1 aromatic carbocycles. The summed E-state index contributed by atoms with van der Waals surface area (Å²) in [6.45, 7) is 2.22. The normalized spacial score (nSPS) is 10.7. The second kappa shape index (κ2) is 8.84. The highest BCUT2D eigenvalue weighted by Gasteiger charge is 2.08. The van der Waals surface area contributed by atoms with E-state index < -0.39 is 0 Å². The second-order valence-corrected chi connectivity index (χ2v) is 5.65. The molecule has 2 aromatic heterocycles. The van der Waals surface area contributed by atoms with E-state index in [9.17, 15) is 4.79 Å². The third kappa shape index (κ3) is 5.32. The molecule has 3 rings (SSSR count). The van der Waals surface area contributed by atoms with Gasteiger partial charge in [0.25, 0.3) is 5.91 Å². The van der Waals surface area contributed by atoms with Gasteiger partial charge in [0.15, 0.2) is 0 Å². The minimum atomic E-state index is -0.120. The Labute approximate surface area is 146 Å². The lowest BCUT2D eigenvalue weighted by Gasteiger charge is -2.04. The van der Waals surface area contributed by atoms with E-state index in [2.05, 4.69) is 10.4 Å². The zero-order valence-corrected chi connectivity index (χ0v) is 13.9. The number of rotatable bonds is 9. The lowest BCUT2D eigenvalue weighted by molar-refractivity contribution is 0.0917. The van der Waals surface area contributed by atoms with Gasteiger partial charge in [0.05, 0.1) is 24.6 Å². The number of benzene rings is 1. The average molecular weight is 339 g/mol. The molecule has 6 nitrogen and oxygen atoms in total. The summed E-state index contributed by atoms with van der Waals surface area (Å²) in [5.74, 6) is 0.681. The predicted molar refractivity (Wildman–Crippen MR) is 93.1 cm³/mol. The molecule has 0 aliphatic rings. The summed E-state index contributed by atoms with van der Waals surface area (Å²) in [5.41, 5.74) is 1.71. The van der Waals surface area contributed by atoms with Gasteiger partial charge in [-0.25, -0.2) is 0 Å². The first-order chi connectivity index (χ1) is 12.3. The molecule has 0 spiro atoms. The first-order valence-electron chi connectivity index (χ1n) is 8.26. The van der Waals surface area contributed by atoms with Crippen LogP contribution in [-0.4, -0.2) is 28.8 Å². The Hall–Kier alpha value is -2.86. The summed E-state index contributed by atoms with van der Waals surface area (Å²) in [4.78, 5) is 12.1. The van der Waals surface area contributed by atoms with Crippen molar-refractivity contribution >= 4 is 5.91 Å². The highest BCUT2D eigenvalue weighted by atomic mass is 16.5. The molecule has 0 saturated carbocycles. The van der Waals surface area contributed by atoms with Crippen molar-refractivity contribution < 1.29 is 13.9 Å². The van der Waals surface area contributed by atoms with Gasteiger partial charge in [-0.2, -0.15) is 5.10 Å². The van der Waals surface area contributed by atoms with Gasteiger partial charge in [0.2, 0.25) is 0 Å². The fourth-order valence-electron chi connectivity index (χ4n) is 2.38. The molecule has 6 heteroatoms. The van der Waals surface area contributed by atoms with Crippen molar-refractivity contribution in [1.82, 2.24) is 15.1 Å². The van der Waals surface area contributed by atoms with Crippen molar-refractivity contribution in [3.63, 3.8) is 0 Å². The van der Waals surface area contributed by atoms with Crippen LogP contribution in [0.2, 0.25) is 0 Å². The topological polar surface area (TPSA) is 69.3 Å². The summed E-state index contributed by atoms with van der Waals surface area (Å²) in [5, 5.41) is 7.11. The van der Waals surface area contributed by atoms with E-state index in [1.54, 1.807) is 23.3 Å². The van der Waals surface area contributed by atoms with Gasteiger partial charge in [0.1, 0.15) is 12.4 Å². The van der Waals surface area contributed by atoms with E-state index >= 15 is 0 Å². The molecule has 2 heterocycles. The summed E-state index contributed by atoms with van der Waals surface area (Å²) in [6, 6.07) is 13.7. The van der Waals surface area contributed by atoms with E-state index in [0.29, 0.717) is 31.9 Å². The predicted octanol–water partition coefficient (Wildman–Crippen LogP) is 2.86. The number of furan rings is 1. The Morgan fingerprint density at radius 1 is 1.20 bits per heavy atom. The summed E-state index contributed by atoms with van der Waals surface area (Å²) < 4.78 is 12.4. The molecule has 0 atom stereocenters. The summed E-state index contributed by atoms with van der Waals surface area (Å²) in [7, 11) is 0. The number of amides is 1. The number of nitrogens with zero attached hydrogens (tertiary/aromatic N) is 2. The van der Waals surface area contributed by atoms with Crippen LogP contribution >= 0.6 is 0 Å². The molecule has 0 fully saturated rings. The van der Waals surface area contributed by atoms with Crippen LogP contribution in [0.25, 0.3) is 0 Å². The van der Waals surface area contributed by atoms with Gasteiger partial charge in [-0.1, -0.05) is 30.3 Å². The minimum Gasteiger partial charge on any atom is -0.467 e. The maximum Gasteiger partial charge on any atom is 0.254 e. The number of carbonyl (C=O) groups excluding carboxylic acids is 1. The highest BCUT2D eigenvalue weighted by Crippen LogP contribution is 2.04. The maximum atomic E-state index is 12.1. The van der Waals surface area contributed by atoms with Crippen LogP contribution in [0.3, 0.4) is 0 Å². The van der Waals surface area contributed by atoms with E-state index in [1.807, 2.05) is 42.5 Å². The van der Waals surface area contributed by atoms with Gasteiger partial charge in [-0.05, 0) is 24.1 Å². The molecule has 25 heavy (non-hydrogen) atoms. The van der Waals surface area contributed by atoms with Crippen LogP contribution in [0.15, 0.2) is 65.5 Å². The third-order valence-corrected chi connectivity index (χ3v) is 3.66. The standard InChI is InChI=1S/C19H21N3O3/c23-19(20-9-5-10-24-15-18-8-4-11-25-18)17-12-21-22(14-17)13-16-6-2-1-3-7-16/h1-4,6-8,11-12,14H,5,9-10,13,15H2,(H,20,23). The Balaban J connectivity index is 1.35. The highest BCUT2D eigenvalue weighted by molar-refractivity contribution is 5.93. The fraction of sp³-hybridized carbons (Fsp3) is 0.263. The minimum absolute atomic E-state index is 0.120. The van der Waals surface area contributed by atoms with Crippen molar-refractivity contribution in [2.75, 3.05) is 13.2 Å². The van der Waals surface area contributed by atoms with E-state index in [1.165, 1.54) is 0 Å². The van der Waals surface area contributed by atoms with Crippen LogP contribution in [-0.2, 0) is 17.9 Å². The van der Waals surface area contributed by atoms with E-state index in [4.69, 9.17) is 9.15 Å². The second-order valence-electron chi connectivity index (χ2n) is 5.65. The van der Waals surface area contributed by atoms with Gasteiger partial charge in [0, 0.05) is 19.3 Å². The number of hydrogen-bond donors (Lipinski definition) is 1. The van der Waals surface area contributed by atoms with Crippen molar-refractivity contribution in [2.24, 2.45) is 0 Å². The molecular formula is C19H21N3O3. The number of nitrogens with one attached hydrogen (secondary N) is 1. The van der Waals surface area contributed by atoms with Crippen LogP contribution < -0.4 is 5.32 Å². The van der Waals surface area contributed by atoms with Crippen LogP contribution in [0, 0.1) is 0 Å². The molecule has 0 aliphatic carbocycles. The van der Waals surface area contributed by atoms with Crippen LogP contribution in [0.5, 0.6) is 0 Å². The van der Waals surface area contributed by atoms with Crippen molar-refractivity contribution in [3.05, 3.63) is 78.0 Å². The van der Waals surface area contributed by atoms with Crippen LogP contribution in [0.4, 0.5) is 0 Å². The molecule has 1 N–H and O–H groups in total. The van der Waals surface area contributed by atoms with Gasteiger partial charge in [-0.3, -0.25) is 9.48 Å². The van der Waals surface area contributed by atoms with Gasteiger partial charge >= 0.3 is 0 Å². The first-order valence-corrected chi connectivity index (χ1v) is 8.26. The average Bonchev–Trinajstić information content (AvgIpc) is 3.30. The Morgan fingerprint density at radius 3 is 2.88 bits per heavy atom. The number of aromatic nitrogens is 2. The smallest absolute Gasteiger partial charge is 0.254 e. The fourth-order valence-corrected chi connectivity index (χ4v) is 2.38. The molecule has 3 aromatic rings. The molecule has 130 valence electrons. The van der Waals surface area contributed by atoms with E-state index in [0.717, 1.165) is 17.7 Å². The molecule has 0 bridgehead atoms. The SMILES string of the molecule is O=C(NCCCOCc1ccco1)c1cnn(Cc2ccccc2)c1. The Bertz CT molecular complexity index is 766. The summed E-state index contributed by atoms with van der Waals surface area (Å²) in [6.07, 6.45) is 5.71. The molecular weight excluding hydrogens is 318 g/mol. The van der Waals surface area contributed by atoms with Gasteiger partial charge in [-0.15, -0.1) is 0 Å². The monoisotopic (exact) mass is 339 g/mol. The number of hydrogen-bond acceptors (Lipinski definition) is 4. The zero-order valence-electron chi connectivity index (χ0n) is 13.9. The number of ether oxygens (including phenoxy) is 1. The largest absolute Gasteiger partial charge is 0.467 e. The van der Waals surface area contributed by atoms with Crippen LogP contribution in [0.1, 0.15) is 28.1 Å². The molecule has 0 unspecified atom stereocenters. The third-order valence-electron chi connectivity index (χ3n) is 3.66. The van der Waals surface area contributed by atoms with E-state index in [-0.39, 0.29) is 5.91 Å². The lowest BCUT2D eigenvalue weighted by Crippen LogP contribution is -2.24. The molecule has 0 radical (unpaired) electrons. The zero-order chi connectivity index (χ0) is 17.3. The first kappa shape index (κ1) is 17.0.